The van der Waals surface area contributed by atoms with E-state index in [-0.39, 0.29) is 5.91 Å². The fourth-order valence-electron chi connectivity index (χ4n) is 1.77. The van der Waals surface area contributed by atoms with Gasteiger partial charge in [-0.15, -0.1) is 0 Å². The van der Waals surface area contributed by atoms with E-state index in [1.807, 2.05) is 25.1 Å². The summed E-state index contributed by atoms with van der Waals surface area (Å²) in [5.74, 6) is 0.630. The molecule has 0 heterocycles. The summed E-state index contributed by atoms with van der Waals surface area (Å²) in [6.07, 6.45) is 1.01. The van der Waals surface area contributed by atoms with E-state index < -0.39 is 0 Å². The van der Waals surface area contributed by atoms with E-state index in [9.17, 15) is 4.79 Å². The molecule has 0 aromatic heterocycles. The number of carbonyl (C=O) groups excluding carboxylic acids is 1. The summed E-state index contributed by atoms with van der Waals surface area (Å²) in [6, 6.07) is 5.77. The summed E-state index contributed by atoms with van der Waals surface area (Å²) in [7, 11) is 0. The Bertz CT molecular complexity index is 399. The number of rotatable bonds is 6. The minimum absolute atomic E-state index is 0.0156. The van der Waals surface area contributed by atoms with E-state index in [4.69, 9.17) is 0 Å². The van der Waals surface area contributed by atoms with Crippen LogP contribution in [0.5, 0.6) is 0 Å². The molecule has 3 heteroatoms. The lowest BCUT2D eigenvalue weighted by atomic mass is 10.1. The molecule has 0 aliphatic rings. The molecule has 0 radical (unpaired) electrons. The summed E-state index contributed by atoms with van der Waals surface area (Å²) < 4.78 is 0. The zero-order valence-electron chi connectivity index (χ0n) is 11.8. The van der Waals surface area contributed by atoms with E-state index in [1.165, 1.54) is 0 Å². The molecule has 1 amide bonds. The number of carbonyl (C=O) groups is 1. The molecular formula is C15H24N2O. The smallest absolute Gasteiger partial charge is 0.251 e. The first-order valence-electron chi connectivity index (χ1n) is 6.67. The Morgan fingerprint density at radius 1 is 1.33 bits per heavy atom. The molecule has 1 aromatic carbocycles. The highest BCUT2D eigenvalue weighted by Gasteiger charge is 2.07. The van der Waals surface area contributed by atoms with Gasteiger partial charge in [-0.05, 0) is 49.9 Å². The molecule has 1 rings (SSSR count). The fraction of sp³-hybridized carbons (Fsp3) is 0.533. The lowest BCUT2D eigenvalue weighted by Crippen LogP contribution is -2.25. The van der Waals surface area contributed by atoms with Crippen molar-refractivity contribution in [3.05, 3.63) is 29.3 Å². The number of benzene rings is 1. The van der Waals surface area contributed by atoms with Gasteiger partial charge in [-0.2, -0.15) is 0 Å². The number of anilines is 1. The highest BCUT2D eigenvalue weighted by atomic mass is 16.1. The molecule has 3 nitrogen and oxygen atoms in total. The van der Waals surface area contributed by atoms with Gasteiger partial charge in [-0.25, -0.2) is 0 Å². The number of hydrogen-bond donors (Lipinski definition) is 2. The van der Waals surface area contributed by atoms with Crippen molar-refractivity contribution in [3.63, 3.8) is 0 Å². The SMILES string of the molecule is CCNc1ccc(C(=O)NCCC(C)C)cc1C. The first-order valence-corrected chi connectivity index (χ1v) is 6.67. The molecule has 0 unspecified atom stereocenters. The quantitative estimate of drug-likeness (QED) is 0.811. The molecule has 0 bridgehead atoms. The Morgan fingerprint density at radius 2 is 2.06 bits per heavy atom. The normalized spacial score (nSPS) is 10.5. The van der Waals surface area contributed by atoms with Gasteiger partial charge < -0.3 is 10.6 Å². The Morgan fingerprint density at radius 3 is 2.61 bits per heavy atom. The first-order chi connectivity index (χ1) is 8.54. The molecule has 0 saturated carbocycles. The number of nitrogens with one attached hydrogen (secondary N) is 2. The number of amides is 1. The van der Waals surface area contributed by atoms with Crippen LogP contribution in [-0.2, 0) is 0 Å². The number of hydrogen-bond acceptors (Lipinski definition) is 2. The van der Waals surface area contributed by atoms with Crippen LogP contribution in [0.4, 0.5) is 5.69 Å². The van der Waals surface area contributed by atoms with Crippen LogP contribution in [0.1, 0.15) is 43.1 Å². The maximum absolute atomic E-state index is 11.9. The van der Waals surface area contributed by atoms with E-state index in [0.29, 0.717) is 5.92 Å². The minimum atomic E-state index is 0.0156. The molecule has 100 valence electrons. The Kier molecular flexibility index (Phi) is 5.69. The Hall–Kier alpha value is -1.51. The van der Waals surface area contributed by atoms with Crippen LogP contribution in [0.3, 0.4) is 0 Å². The molecule has 1 aromatic rings. The van der Waals surface area contributed by atoms with Gasteiger partial charge in [0.25, 0.3) is 5.91 Å². The third-order valence-electron chi connectivity index (χ3n) is 2.86. The van der Waals surface area contributed by atoms with Crippen LogP contribution >= 0.6 is 0 Å². The van der Waals surface area contributed by atoms with Gasteiger partial charge in [0.05, 0.1) is 0 Å². The van der Waals surface area contributed by atoms with Crippen molar-refractivity contribution in [2.45, 2.75) is 34.1 Å². The van der Waals surface area contributed by atoms with Gasteiger partial charge >= 0.3 is 0 Å². The largest absolute Gasteiger partial charge is 0.385 e. The predicted octanol–water partition coefficient (Wildman–Crippen LogP) is 3.20. The summed E-state index contributed by atoms with van der Waals surface area (Å²) in [5, 5.41) is 6.22. The molecule has 0 atom stereocenters. The average Bonchev–Trinajstić information content (AvgIpc) is 2.31. The lowest BCUT2D eigenvalue weighted by molar-refractivity contribution is 0.0952. The van der Waals surface area contributed by atoms with Crippen molar-refractivity contribution >= 4 is 11.6 Å². The molecule has 18 heavy (non-hydrogen) atoms. The van der Waals surface area contributed by atoms with Gasteiger partial charge in [-0.1, -0.05) is 13.8 Å². The summed E-state index contributed by atoms with van der Waals surface area (Å²) in [6.45, 7) is 10.0. The zero-order valence-corrected chi connectivity index (χ0v) is 11.8. The van der Waals surface area contributed by atoms with E-state index in [1.54, 1.807) is 0 Å². The lowest BCUT2D eigenvalue weighted by Gasteiger charge is -2.10. The van der Waals surface area contributed by atoms with Crippen molar-refractivity contribution in [1.82, 2.24) is 5.32 Å². The summed E-state index contributed by atoms with van der Waals surface area (Å²) >= 11 is 0. The van der Waals surface area contributed by atoms with Gasteiger partial charge in [0.1, 0.15) is 0 Å². The second-order valence-electron chi connectivity index (χ2n) is 5.00. The maximum atomic E-state index is 11.9. The Labute approximate surface area is 110 Å². The van der Waals surface area contributed by atoms with Crippen molar-refractivity contribution in [3.8, 4) is 0 Å². The van der Waals surface area contributed by atoms with Crippen LogP contribution in [0, 0.1) is 12.8 Å². The Balaban J connectivity index is 2.61. The standard InChI is InChI=1S/C15H24N2O/c1-5-16-14-7-6-13(10-12(14)4)15(18)17-9-8-11(2)3/h6-7,10-11,16H,5,8-9H2,1-4H3,(H,17,18). The van der Waals surface area contributed by atoms with Crippen molar-refractivity contribution in [2.24, 2.45) is 5.92 Å². The molecule has 0 aliphatic heterocycles. The molecule has 2 N–H and O–H groups in total. The van der Waals surface area contributed by atoms with E-state index in [2.05, 4.69) is 31.4 Å². The monoisotopic (exact) mass is 248 g/mol. The van der Waals surface area contributed by atoms with Crippen molar-refractivity contribution < 1.29 is 4.79 Å². The molecule has 0 aliphatic carbocycles. The van der Waals surface area contributed by atoms with Crippen molar-refractivity contribution in [2.75, 3.05) is 18.4 Å². The van der Waals surface area contributed by atoms with Crippen LogP contribution in [-0.4, -0.2) is 19.0 Å². The van der Waals surface area contributed by atoms with Crippen LogP contribution in [0.15, 0.2) is 18.2 Å². The highest BCUT2D eigenvalue weighted by molar-refractivity contribution is 5.94. The van der Waals surface area contributed by atoms with Crippen LogP contribution < -0.4 is 10.6 Å². The molecule has 0 spiro atoms. The summed E-state index contributed by atoms with van der Waals surface area (Å²) in [5.41, 5.74) is 2.93. The zero-order chi connectivity index (χ0) is 13.5. The van der Waals surface area contributed by atoms with Gasteiger partial charge in [-0.3, -0.25) is 4.79 Å². The van der Waals surface area contributed by atoms with Crippen LogP contribution in [0.25, 0.3) is 0 Å². The second kappa shape index (κ2) is 7.04. The molecular weight excluding hydrogens is 224 g/mol. The topological polar surface area (TPSA) is 41.1 Å². The predicted molar refractivity (Wildman–Crippen MR) is 77.1 cm³/mol. The third kappa shape index (κ3) is 4.40. The summed E-state index contributed by atoms with van der Waals surface area (Å²) in [4.78, 5) is 11.9. The van der Waals surface area contributed by atoms with Gasteiger partial charge in [0, 0.05) is 24.3 Å². The highest BCUT2D eigenvalue weighted by Crippen LogP contribution is 2.16. The second-order valence-corrected chi connectivity index (χ2v) is 5.00. The van der Waals surface area contributed by atoms with E-state index in [0.717, 1.165) is 36.3 Å². The van der Waals surface area contributed by atoms with E-state index >= 15 is 0 Å². The molecule has 0 fully saturated rings. The number of aryl methyl sites for hydroxylation is 1. The van der Waals surface area contributed by atoms with Crippen LogP contribution in [0.2, 0.25) is 0 Å². The third-order valence-corrected chi connectivity index (χ3v) is 2.86. The first kappa shape index (κ1) is 14.6. The molecule has 0 saturated heterocycles. The van der Waals surface area contributed by atoms with Crippen molar-refractivity contribution in [1.29, 1.82) is 0 Å². The van der Waals surface area contributed by atoms with Gasteiger partial charge in [0.2, 0.25) is 0 Å². The minimum Gasteiger partial charge on any atom is -0.385 e. The maximum Gasteiger partial charge on any atom is 0.251 e. The van der Waals surface area contributed by atoms with Gasteiger partial charge in [0.15, 0.2) is 0 Å². The fourth-order valence-corrected chi connectivity index (χ4v) is 1.77. The average molecular weight is 248 g/mol.